The first-order chi connectivity index (χ1) is 18.6. The van der Waals surface area contributed by atoms with Crippen LogP contribution in [0.25, 0.3) is 22.6 Å². The smallest absolute Gasteiger partial charge is 0.257 e. The Bertz CT molecular complexity index is 1310. The van der Waals surface area contributed by atoms with E-state index in [1.54, 1.807) is 0 Å². The Kier molecular flexibility index (Phi) is 8.09. The number of nitrogens with zero attached hydrogens (tertiary/aromatic N) is 3. The Morgan fingerprint density at radius 3 is 2.13 bits per heavy atom. The van der Waals surface area contributed by atoms with Crippen molar-refractivity contribution in [3.63, 3.8) is 0 Å². The lowest BCUT2D eigenvalue weighted by molar-refractivity contribution is -0.131. The first-order valence-corrected chi connectivity index (χ1v) is 13.8. The molecule has 1 aliphatic heterocycles. The van der Waals surface area contributed by atoms with E-state index >= 15 is 0 Å². The normalized spacial score (nSPS) is 13.4. The first kappa shape index (κ1) is 25.6. The number of anilines is 2. The molecule has 7 nitrogen and oxygen atoms in total. The van der Waals surface area contributed by atoms with Crippen LogP contribution in [0.15, 0.2) is 94.6 Å². The van der Waals surface area contributed by atoms with Crippen molar-refractivity contribution in [3.05, 3.63) is 84.9 Å². The topological polar surface area (TPSA) is 78.7 Å². The van der Waals surface area contributed by atoms with Crippen LogP contribution in [0, 0.1) is 0 Å². The fourth-order valence-electron chi connectivity index (χ4n) is 4.46. The third kappa shape index (κ3) is 6.08. The van der Waals surface area contributed by atoms with Crippen molar-refractivity contribution in [3.8, 4) is 22.6 Å². The molecule has 1 N–H and O–H groups in total. The highest BCUT2D eigenvalue weighted by molar-refractivity contribution is 7.99. The number of benzene rings is 3. The summed E-state index contributed by atoms with van der Waals surface area (Å²) in [6.07, 6.45) is 0.547. The summed E-state index contributed by atoms with van der Waals surface area (Å²) in [5.74, 6) is 0.946. The zero-order chi connectivity index (χ0) is 26.3. The molecular formula is C30H30N4O3S. The highest BCUT2D eigenvalue weighted by Gasteiger charge is 2.21. The molecule has 2 amide bonds. The molecule has 0 spiro atoms. The molecule has 0 aliphatic carbocycles. The van der Waals surface area contributed by atoms with E-state index in [0.29, 0.717) is 17.4 Å². The molecular weight excluding hydrogens is 496 g/mol. The van der Waals surface area contributed by atoms with Crippen LogP contribution in [0.2, 0.25) is 0 Å². The molecule has 3 aromatic carbocycles. The van der Waals surface area contributed by atoms with Gasteiger partial charge in [-0.2, -0.15) is 0 Å². The molecule has 0 saturated carbocycles. The van der Waals surface area contributed by atoms with Gasteiger partial charge < -0.3 is 19.5 Å². The lowest BCUT2D eigenvalue weighted by atomic mass is 10.1. The van der Waals surface area contributed by atoms with Gasteiger partial charge >= 0.3 is 0 Å². The van der Waals surface area contributed by atoms with Gasteiger partial charge in [0.2, 0.25) is 11.8 Å². The summed E-state index contributed by atoms with van der Waals surface area (Å²) in [5, 5.41) is 3.41. The lowest BCUT2D eigenvalue weighted by Gasteiger charge is -2.36. The van der Waals surface area contributed by atoms with Crippen LogP contribution in [0.1, 0.15) is 13.3 Å². The number of oxazole rings is 1. The molecule has 4 aromatic rings. The minimum atomic E-state index is -0.129. The highest BCUT2D eigenvalue weighted by Crippen LogP contribution is 2.35. The monoisotopic (exact) mass is 526 g/mol. The van der Waals surface area contributed by atoms with Crippen molar-refractivity contribution in [1.82, 2.24) is 9.88 Å². The van der Waals surface area contributed by atoms with Gasteiger partial charge in [-0.15, -0.1) is 0 Å². The fraction of sp³-hybridized carbons (Fsp3) is 0.233. The number of amides is 2. The summed E-state index contributed by atoms with van der Waals surface area (Å²) in [6, 6.07) is 27.6. The molecule has 194 valence electrons. The summed E-state index contributed by atoms with van der Waals surface area (Å²) < 4.78 is 6.11. The van der Waals surface area contributed by atoms with Crippen molar-refractivity contribution in [2.24, 2.45) is 0 Å². The highest BCUT2D eigenvalue weighted by atomic mass is 32.2. The molecule has 0 bridgehead atoms. The maximum Gasteiger partial charge on any atom is 0.257 e. The number of aromatic nitrogens is 1. The Morgan fingerprint density at radius 2 is 1.50 bits per heavy atom. The average molecular weight is 527 g/mol. The maximum absolute atomic E-state index is 12.7. The molecule has 0 unspecified atom stereocenters. The first-order valence-electron chi connectivity index (χ1n) is 12.8. The molecule has 5 rings (SSSR count). The van der Waals surface area contributed by atoms with Gasteiger partial charge in [-0.05, 0) is 24.3 Å². The van der Waals surface area contributed by atoms with Crippen LogP contribution >= 0.6 is 11.8 Å². The number of hydrogen-bond acceptors (Lipinski definition) is 6. The molecule has 0 atom stereocenters. The van der Waals surface area contributed by atoms with E-state index in [9.17, 15) is 9.59 Å². The molecule has 2 heterocycles. The quantitative estimate of drug-likeness (QED) is 0.293. The van der Waals surface area contributed by atoms with Gasteiger partial charge in [0.25, 0.3) is 5.22 Å². The number of nitrogens with one attached hydrogen (secondary N) is 1. The second kappa shape index (κ2) is 12.0. The Balaban J connectivity index is 1.19. The second-order valence-corrected chi connectivity index (χ2v) is 9.92. The number of rotatable bonds is 8. The van der Waals surface area contributed by atoms with Gasteiger partial charge in [-0.1, -0.05) is 79.3 Å². The van der Waals surface area contributed by atoms with E-state index in [0.717, 1.165) is 54.4 Å². The Morgan fingerprint density at radius 1 is 0.868 bits per heavy atom. The predicted molar refractivity (Wildman–Crippen MR) is 152 cm³/mol. The third-order valence-corrected chi connectivity index (χ3v) is 7.30. The molecule has 1 fully saturated rings. The van der Waals surface area contributed by atoms with E-state index in [4.69, 9.17) is 9.40 Å². The van der Waals surface area contributed by atoms with Crippen molar-refractivity contribution in [2.75, 3.05) is 42.1 Å². The van der Waals surface area contributed by atoms with E-state index in [-0.39, 0.29) is 17.6 Å². The summed E-state index contributed by atoms with van der Waals surface area (Å²) in [7, 11) is 0. The maximum atomic E-state index is 12.7. The molecule has 38 heavy (non-hydrogen) atoms. The van der Waals surface area contributed by atoms with Gasteiger partial charge in [0.15, 0.2) is 5.76 Å². The second-order valence-electron chi connectivity index (χ2n) is 8.99. The van der Waals surface area contributed by atoms with Gasteiger partial charge in [0, 0.05) is 55.1 Å². The zero-order valence-corrected chi connectivity index (χ0v) is 22.1. The summed E-state index contributed by atoms with van der Waals surface area (Å²) >= 11 is 1.27. The minimum Gasteiger partial charge on any atom is -0.431 e. The number of hydrogen-bond donors (Lipinski definition) is 1. The molecule has 8 heteroatoms. The van der Waals surface area contributed by atoms with Crippen LogP contribution in [0.4, 0.5) is 11.4 Å². The SMILES string of the molecule is CCC(=O)N1CCN(c2ccc(NC(=O)CSc3nc(-c4ccccc4)c(-c4ccccc4)o3)cc2)CC1. The van der Waals surface area contributed by atoms with Gasteiger partial charge in [0.05, 0.1) is 5.75 Å². The average Bonchev–Trinajstić information content (AvgIpc) is 3.42. The van der Waals surface area contributed by atoms with E-state index in [1.165, 1.54) is 11.8 Å². The number of carbonyl (C=O) groups excluding carboxylic acids is 2. The third-order valence-electron chi connectivity index (χ3n) is 6.47. The van der Waals surface area contributed by atoms with Crippen LogP contribution in [-0.4, -0.2) is 53.6 Å². The Labute approximate surface area is 226 Å². The standard InChI is InChI=1S/C30H30N4O3S/c1-2-27(36)34-19-17-33(18-20-34)25-15-13-24(14-16-25)31-26(35)21-38-30-32-28(22-9-5-3-6-10-22)29(37-30)23-11-7-4-8-12-23/h3-16H,2,17-21H2,1H3,(H,31,35). The number of carbonyl (C=O) groups is 2. The fourth-order valence-corrected chi connectivity index (χ4v) is 5.08. The molecule has 0 radical (unpaired) electrons. The molecule has 1 aromatic heterocycles. The lowest BCUT2D eigenvalue weighted by Crippen LogP contribution is -2.48. The summed E-state index contributed by atoms with van der Waals surface area (Å²) in [4.78, 5) is 33.5. The number of thioether (sulfide) groups is 1. The van der Waals surface area contributed by atoms with E-state index in [2.05, 4.69) is 10.2 Å². The summed E-state index contributed by atoms with van der Waals surface area (Å²) in [6.45, 7) is 4.98. The van der Waals surface area contributed by atoms with Crippen molar-refractivity contribution >= 4 is 35.0 Å². The molecule has 1 aliphatic rings. The molecule has 1 saturated heterocycles. The van der Waals surface area contributed by atoms with Gasteiger partial charge in [0.1, 0.15) is 5.69 Å². The zero-order valence-electron chi connectivity index (χ0n) is 21.3. The minimum absolute atomic E-state index is 0.129. The van der Waals surface area contributed by atoms with Crippen molar-refractivity contribution in [2.45, 2.75) is 18.6 Å². The van der Waals surface area contributed by atoms with Crippen molar-refractivity contribution < 1.29 is 14.0 Å². The Hall–Kier alpha value is -4.04. The van der Waals surface area contributed by atoms with E-state index < -0.39 is 0 Å². The number of piperazine rings is 1. The predicted octanol–water partition coefficient (Wildman–Crippen LogP) is 5.80. The largest absolute Gasteiger partial charge is 0.431 e. The van der Waals surface area contributed by atoms with Crippen LogP contribution < -0.4 is 10.2 Å². The van der Waals surface area contributed by atoms with Crippen LogP contribution in [0.3, 0.4) is 0 Å². The van der Waals surface area contributed by atoms with Crippen LogP contribution in [0.5, 0.6) is 0 Å². The van der Waals surface area contributed by atoms with E-state index in [1.807, 2.05) is 96.8 Å². The van der Waals surface area contributed by atoms with Gasteiger partial charge in [-0.25, -0.2) is 4.98 Å². The summed E-state index contributed by atoms with van der Waals surface area (Å²) in [5.41, 5.74) is 4.48. The van der Waals surface area contributed by atoms with Gasteiger partial charge in [-0.3, -0.25) is 9.59 Å². The van der Waals surface area contributed by atoms with Crippen LogP contribution in [-0.2, 0) is 9.59 Å². The van der Waals surface area contributed by atoms with Crippen molar-refractivity contribution in [1.29, 1.82) is 0 Å².